The average molecular weight is 493 g/mol. The minimum Gasteiger partial charge on any atom is -0.368 e. The monoisotopic (exact) mass is 492 g/mol. The summed E-state index contributed by atoms with van der Waals surface area (Å²) in [5.74, 6) is -0.161. The number of hydrogen-bond donors (Lipinski definition) is 1. The number of carbonyl (C=O) groups is 2. The van der Waals surface area contributed by atoms with Crippen molar-refractivity contribution in [2.24, 2.45) is 5.92 Å². The van der Waals surface area contributed by atoms with E-state index in [2.05, 4.69) is 15.1 Å². The lowest BCUT2D eigenvalue weighted by Crippen LogP contribution is -2.52. The van der Waals surface area contributed by atoms with Crippen LogP contribution in [0.1, 0.15) is 12.8 Å². The summed E-state index contributed by atoms with van der Waals surface area (Å²) in [6.07, 6.45) is 1.49. The Hall–Kier alpha value is -2.35. The van der Waals surface area contributed by atoms with E-state index in [-0.39, 0.29) is 30.1 Å². The van der Waals surface area contributed by atoms with Crippen LogP contribution >= 0.6 is 23.2 Å². The van der Waals surface area contributed by atoms with Gasteiger partial charge in [-0.05, 0) is 68.4 Å². The van der Waals surface area contributed by atoms with E-state index in [0.29, 0.717) is 41.9 Å². The van der Waals surface area contributed by atoms with Gasteiger partial charge in [0.25, 0.3) is 0 Å². The number of piperazine rings is 1. The lowest BCUT2D eigenvalue weighted by Gasteiger charge is -2.39. The number of anilines is 2. The molecule has 4 rings (SSSR count). The minimum atomic E-state index is -0.245. The first-order valence-electron chi connectivity index (χ1n) is 11.2. The molecule has 2 aromatic carbocycles. The van der Waals surface area contributed by atoms with Gasteiger partial charge in [-0.2, -0.15) is 0 Å². The van der Waals surface area contributed by atoms with Crippen molar-refractivity contribution in [3.8, 4) is 0 Å². The smallest absolute Gasteiger partial charge is 0.238 e. The summed E-state index contributed by atoms with van der Waals surface area (Å²) >= 11 is 11.9. The zero-order chi connectivity index (χ0) is 23.4. The highest BCUT2D eigenvalue weighted by atomic mass is 35.5. The highest BCUT2D eigenvalue weighted by molar-refractivity contribution is 6.42. The Morgan fingerprint density at radius 2 is 1.58 bits per heavy atom. The molecule has 2 aliphatic heterocycles. The topological polar surface area (TPSA) is 55.9 Å². The summed E-state index contributed by atoms with van der Waals surface area (Å²) in [5, 5.41) is 3.68. The van der Waals surface area contributed by atoms with Crippen molar-refractivity contribution in [1.82, 2.24) is 9.80 Å². The molecule has 2 saturated heterocycles. The van der Waals surface area contributed by atoms with Crippen molar-refractivity contribution >= 4 is 46.4 Å². The molecule has 0 aliphatic carbocycles. The molecule has 6 nitrogen and oxygen atoms in total. The fourth-order valence-electron chi connectivity index (χ4n) is 4.41. The maximum Gasteiger partial charge on any atom is 0.238 e. The highest BCUT2D eigenvalue weighted by Gasteiger charge is 2.31. The molecule has 0 bridgehead atoms. The number of halogens is 3. The third kappa shape index (κ3) is 6.16. The molecular weight excluding hydrogens is 466 g/mol. The van der Waals surface area contributed by atoms with E-state index >= 15 is 0 Å². The second-order valence-electron chi connectivity index (χ2n) is 8.52. The van der Waals surface area contributed by atoms with Gasteiger partial charge in [-0.25, -0.2) is 4.39 Å². The summed E-state index contributed by atoms with van der Waals surface area (Å²) in [6.45, 7) is 4.51. The van der Waals surface area contributed by atoms with Crippen LogP contribution in [0.2, 0.25) is 10.0 Å². The molecular formula is C24H27Cl2FN4O2. The summed E-state index contributed by atoms with van der Waals surface area (Å²) in [4.78, 5) is 31.6. The largest absolute Gasteiger partial charge is 0.368 e. The van der Waals surface area contributed by atoms with Gasteiger partial charge in [-0.3, -0.25) is 14.5 Å². The molecule has 0 saturated carbocycles. The van der Waals surface area contributed by atoms with Gasteiger partial charge in [0.05, 0.1) is 16.6 Å². The number of piperidine rings is 1. The molecule has 2 amide bonds. The molecule has 2 aliphatic rings. The zero-order valence-corrected chi connectivity index (χ0v) is 19.8. The quantitative estimate of drug-likeness (QED) is 0.681. The third-order valence-electron chi connectivity index (χ3n) is 6.29. The first-order valence-corrected chi connectivity index (χ1v) is 11.9. The Labute approximate surface area is 203 Å². The maximum atomic E-state index is 13.1. The number of hydrogen-bond acceptors (Lipinski definition) is 4. The van der Waals surface area contributed by atoms with Crippen LogP contribution in [-0.2, 0) is 9.59 Å². The number of carbonyl (C=O) groups excluding carboxylic acids is 2. The van der Waals surface area contributed by atoms with Crippen LogP contribution in [0.25, 0.3) is 0 Å². The second-order valence-corrected chi connectivity index (χ2v) is 9.33. The first-order chi connectivity index (χ1) is 15.9. The molecule has 2 fully saturated rings. The van der Waals surface area contributed by atoms with E-state index in [1.165, 1.54) is 12.1 Å². The molecule has 0 atom stereocenters. The van der Waals surface area contributed by atoms with Crippen LogP contribution in [0, 0.1) is 11.7 Å². The van der Waals surface area contributed by atoms with Crippen molar-refractivity contribution in [2.45, 2.75) is 12.8 Å². The number of rotatable bonds is 5. The van der Waals surface area contributed by atoms with Gasteiger partial charge in [-0.1, -0.05) is 23.2 Å². The Bertz CT molecular complexity index is 988. The van der Waals surface area contributed by atoms with Crippen molar-refractivity contribution in [3.05, 3.63) is 58.3 Å². The molecule has 0 aromatic heterocycles. The molecule has 0 unspecified atom stereocenters. The van der Waals surface area contributed by atoms with Crippen molar-refractivity contribution in [3.63, 3.8) is 0 Å². The number of amides is 2. The Morgan fingerprint density at radius 3 is 2.21 bits per heavy atom. The Morgan fingerprint density at radius 1 is 0.909 bits per heavy atom. The van der Waals surface area contributed by atoms with Gasteiger partial charge >= 0.3 is 0 Å². The highest BCUT2D eigenvalue weighted by Crippen LogP contribution is 2.25. The molecule has 9 heteroatoms. The average Bonchev–Trinajstić information content (AvgIpc) is 2.82. The third-order valence-corrected chi connectivity index (χ3v) is 7.03. The molecule has 0 radical (unpaired) electrons. The van der Waals surface area contributed by atoms with Crippen LogP contribution in [0.15, 0.2) is 42.5 Å². The van der Waals surface area contributed by atoms with Crippen LogP contribution in [-0.4, -0.2) is 67.4 Å². The minimum absolute atomic E-state index is 0.00301. The van der Waals surface area contributed by atoms with Gasteiger partial charge in [0.1, 0.15) is 5.82 Å². The maximum absolute atomic E-state index is 13.1. The molecule has 2 heterocycles. The number of nitrogens with one attached hydrogen (secondary N) is 1. The Kier molecular flexibility index (Phi) is 7.73. The fourth-order valence-corrected chi connectivity index (χ4v) is 4.71. The second kappa shape index (κ2) is 10.7. The van der Waals surface area contributed by atoms with E-state index < -0.39 is 0 Å². The fraction of sp³-hybridized carbons (Fsp3) is 0.417. The number of nitrogens with zero attached hydrogens (tertiary/aromatic N) is 3. The van der Waals surface area contributed by atoms with Gasteiger partial charge in [0, 0.05) is 43.5 Å². The van der Waals surface area contributed by atoms with Crippen molar-refractivity contribution in [1.29, 1.82) is 0 Å². The van der Waals surface area contributed by atoms with E-state index in [1.54, 1.807) is 30.3 Å². The Balaban J connectivity index is 1.20. The lowest BCUT2D eigenvalue weighted by molar-refractivity contribution is -0.137. The van der Waals surface area contributed by atoms with E-state index in [0.717, 1.165) is 31.6 Å². The van der Waals surface area contributed by atoms with Gasteiger partial charge < -0.3 is 15.1 Å². The predicted octanol–water partition coefficient (Wildman–Crippen LogP) is 4.13. The molecule has 0 spiro atoms. The van der Waals surface area contributed by atoms with E-state index in [4.69, 9.17) is 23.2 Å². The van der Waals surface area contributed by atoms with Crippen molar-refractivity contribution in [2.75, 3.05) is 56.0 Å². The zero-order valence-electron chi connectivity index (χ0n) is 18.3. The van der Waals surface area contributed by atoms with Gasteiger partial charge in [0.15, 0.2) is 0 Å². The van der Waals surface area contributed by atoms with Crippen LogP contribution in [0.3, 0.4) is 0 Å². The van der Waals surface area contributed by atoms with Gasteiger partial charge in [0.2, 0.25) is 11.8 Å². The van der Waals surface area contributed by atoms with Crippen molar-refractivity contribution < 1.29 is 14.0 Å². The first kappa shape index (κ1) is 23.8. The standard InChI is InChI=1S/C24H27Cl2FN4O2/c25-21-6-3-19(15-22(21)26)28-23(32)16-29-9-7-17(8-10-29)24(33)31-13-11-30(12-14-31)20-4-1-18(27)2-5-20/h1-6,15,17H,7-14,16H2,(H,28,32). The lowest BCUT2D eigenvalue weighted by atomic mass is 9.95. The summed E-state index contributed by atoms with van der Waals surface area (Å²) in [7, 11) is 0. The molecule has 2 aromatic rings. The summed E-state index contributed by atoms with van der Waals surface area (Å²) in [6, 6.07) is 11.5. The molecule has 176 valence electrons. The number of likely N-dealkylation sites (tertiary alicyclic amines) is 1. The van der Waals surface area contributed by atoms with Crippen LogP contribution < -0.4 is 10.2 Å². The summed E-state index contributed by atoms with van der Waals surface area (Å²) < 4.78 is 13.1. The van der Waals surface area contributed by atoms with Crippen LogP contribution in [0.4, 0.5) is 15.8 Å². The number of benzene rings is 2. The predicted molar refractivity (Wildman–Crippen MR) is 129 cm³/mol. The normalized spacial score (nSPS) is 17.8. The van der Waals surface area contributed by atoms with E-state index in [1.807, 2.05) is 4.90 Å². The molecule has 33 heavy (non-hydrogen) atoms. The summed E-state index contributed by atoms with van der Waals surface area (Å²) in [5.41, 5.74) is 1.59. The van der Waals surface area contributed by atoms with Crippen LogP contribution in [0.5, 0.6) is 0 Å². The molecule has 1 N–H and O–H groups in total. The SMILES string of the molecule is O=C(CN1CCC(C(=O)N2CCN(c3ccc(F)cc3)CC2)CC1)Nc1ccc(Cl)c(Cl)c1. The van der Waals surface area contributed by atoms with Gasteiger partial charge in [-0.15, -0.1) is 0 Å². The van der Waals surface area contributed by atoms with E-state index in [9.17, 15) is 14.0 Å².